The highest BCUT2D eigenvalue weighted by Gasteiger charge is 2.14. The van der Waals surface area contributed by atoms with E-state index in [0.29, 0.717) is 0 Å². The molecule has 3 rings (SSSR count). The zero-order chi connectivity index (χ0) is 20.5. The number of hydrogen-bond donors (Lipinski definition) is 1. The molecule has 0 aromatic heterocycles. The van der Waals surface area contributed by atoms with Crippen molar-refractivity contribution in [3.05, 3.63) is 114 Å². The summed E-state index contributed by atoms with van der Waals surface area (Å²) in [7, 11) is 0. The van der Waals surface area contributed by atoms with Gasteiger partial charge in [0.05, 0.1) is 0 Å². The topological polar surface area (TPSA) is 20.2 Å². The summed E-state index contributed by atoms with van der Waals surface area (Å²) in [5.74, 6) is 0.277. The van der Waals surface area contributed by atoms with Gasteiger partial charge in [0.2, 0.25) is 0 Å². The summed E-state index contributed by atoms with van der Waals surface area (Å²) in [4.78, 5) is 0. The molecule has 0 radical (unpaired) electrons. The number of benzene rings is 3. The molecule has 3 aromatic rings. The van der Waals surface area contributed by atoms with Gasteiger partial charge in [0.25, 0.3) is 0 Å². The first-order valence-electron chi connectivity index (χ1n) is 9.85. The van der Waals surface area contributed by atoms with Crippen molar-refractivity contribution in [3.63, 3.8) is 0 Å². The molecule has 1 heteroatoms. The third-order valence-corrected chi connectivity index (χ3v) is 4.64. The number of allylic oxidation sites excluding steroid dienone is 6. The predicted octanol–water partition coefficient (Wildman–Crippen LogP) is 7.90. The molecular weight excluding hydrogens is 352 g/mol. The van der Waals surface area contributed by atoms with Crippen LogP contribution in [0.1, 0.15) is 25.0 Å². The second-order valence-corrected chi connectivity index (χ2v) is 6.68. The van der Waals surface area contributed by atoms with Crippen molar-refractivity contribution in [2.45, 2.75) is 13.8 Å². The van der Waals surface area contributed by atoms with Crippen LogP contribution in [0, 0.1) is 0 Å². The van der Waals surface area contributed by atoms with E-state index in [0.717, 1.165) is 33.4 Å². The lowest BCUT2D eigenvalue weighted by Crippen LogP contribution is -1.90. The minimum atomic E-state index is 0.277. The van der Waals surface area contributed by atoms with Gasteiger partial charge in [-0.2, -0.15) is 0 Å². The Labute approximate surface area is 173 Å². The molecule has 0 bridgehead atoms. The van der Waals surface area contributed by atoms with E-state index in [1.54, 1.807) is 6.07 Å². The Kier molecular flexibility index (Phi) is 7.02. The minimum Gasteiger partial charge on any atom is -0.507 e. The fourth-order valence-electron chi connectivity index (χ4n) is 3.28. The molecular formula is C28H26O. The Balaban J connectivity index is 2.25. The summed E-state index contributed by atoms with van der Waals surface area (Å²) in [5.41, 5.74) is 6.14. The summed E-state index contributed by atoms with van der Waals surface area (Å²) in [6, 6.07) is 22.3. The van der Waals surface area contributed by atoms with Gasteiger partial charge in [-0.1, -0.05) is 103 Å². The Morgan fingerprint density at radius 2 is 1.38 bits per heavy atom. The first-order chi connectivity index (χ1) is 14.2. The van der Waals surface area contributed by atoms with Crippen molar-refractivity contribution in [2.75, 3.05) is 0 Å². The summed E-state index contributed by atoms with van der Waals surface area (Å²) < 4.78 is 0. The fourth-order valence-corrected chi connectivity index (χ4v) is 3.28. The summed E-state index contributed by atoms with van der Waals surface area (Å²) in [5, 5.41) is 10.8. The maximum atomic E-state index is 10.8. The highest BCUT2D eigenvalue weighted by atomic mass is 16.3. The Hall–Kier alpha value is -3.58. The van der Waals surface area contributed by atoms with Crippen molar-refractivity contribution in [1.82, 2.24) is 0 Å². The van der Waals surface area contributed by atoms with Gasteiger partial charge in [-0.3, -0.25) is 0 Å². The smallest absolute Gasteiger partial charge is 0.124 e. The van der Waals surface area contributed by atoms with Crippen LogP contribution >= 0.6 is 0 Å². The third-order valence-electron chi connectivity index (χ3n) is 4.64. The zero-order valence-corrected chi connectivity index (χ0v) is 16.9. The molecule has 144 valence electrons. The lowest BCUT2D eigenvalue weighted by Gasteiger charge is -2.15. The average molecular weight is 379 g/mol. The first-order valence-corrected chi connectivity index (χ1v) is 9.85. The molecule has 0 aliphatic rings. The van der Waals surface area contributed by atoms with E-state index in [1.807, 2.05) is 86.7 Å². The van der Waals surface area contributed by atoms with E-state index >= 15 is 0 Å². The van der Waals surface area contributed by atoms with Crippen LogP contribution < -0.4 is 0 Å². The van der Waals surface area contributed by atoms with E-state index in [2.05, 4.69) is 36.4 Å². The van der Waals surface area contributed by atoms with Gasteiger partial charge in [0.15, 0.2) is 0 Å². The normalized spacial score (nSPS) is 12.1. The molecule has 0 heterocycles. The molecule has 0 spiro atoms. The molecule has 0 aliphatic carbocycles. The second-order valence-electron chi connectivity index (χ2n) is 6.68. The van der Waals surface area contributed by atoms with E-state index in [9.17, 15) is 5.11 Å². The van der Waals surface area contributed by atoms with E-state index in [1.165, 1.54) is 0 Å². The number of rotatable bonds is 6. The van der Waals surface area contributed by atoms with Crippen LogP contribution in [0.3, 0.4) is 0 Å². The molecule has 0 amide bonds. The van der Waals surface area contributed by atoms with E-state index in [-0.39, 0.29) is 5.75 Å². The Morgan fingerprint density at radius 3 is 2.10 bits per heavy atom. The molecule has 0 unspecified atom stereocenters. The zero-order valence-electron chi connectivity index (χ0n) is 16.9. The van der Waals surface area contributed by atoms with Crippen molar-refractivity contribution in [2.24, 2.45) is 0 Å². The predicted molar refractivity (Wildman–Crippen MR) is 127 cm³/mol. The van der Waals surface area contributed by atoms with Crippen LogP contribution in [0.15, 0.2) is 103 Å². The summed E-state index contributed by atoms with van der Waals surface area (Å²) in [6.07, 6.45) is 16.1. The van der Waals surface area contributed by atoms with Crippen molar-refractivity contribution >= 4 is 12.2 Å². The number of phenols is 1. The summed E-state index contributed by atoms with van der Waals surface area (Å²) in [6.45, 7) is 3.99. The Bertz CT molecular complexity index is 1070. The van der Waals surface area contributed by atoms with Crippen LogP contribution in [0.4, 0.5) is 0 Å². The fraction of sp³-hybridized carbons (Fsp3) is 0.0714. The number of hydrogen-bond acceptors (Lipinski definition) is 1. The van der Waals surface area contributed by atoms with Crippen LogP contribution in [0.25, 0.3) is 34.4 Å². The van der Waals surface area contributed by atoms with Crippen molar-refractivity contribution < 1.29 is 5.11 Å². The molecule has 0 saturated heterocycles. The minimum absolute atomic E-state index is 0.277. The van der Waals surface area contributed by atoms with Crippen LogP contribution in [0.5, 0.6) is 5.75 Å². The monoisotopic (exact) mass is 378 g/mol. The SMILES string of the molecule is C/C=C\C=C/c1ccc(-c2ccccc2)c(-c2c(O)cccc2/C=C\C=C/C)c1. The van der Waals surface area contributed by atoms with E-state index < -0.39 is 0 Å². The molecule has 0 aliphatic heterocycles. The molecule has 1 nitrogen and oxygen atoms in total. The van der Waals surface area contributed by atoms with Crippen LogP contribution in [-0.2, 0) is 0 Å². The van der Waals surface area contributed by atoms with Crippen molar-refractivity contribution in [3.8, 4) is 28.0 Å². The van der Waals surface area contributed by atoms with Gasteiger partial charge >= 0.3 is 0 Å². The molecule has 29 heavy (non-hydrogen) atoms. The van der Waals surface area contributed by atoms with Gasteiger partial charge in [0.1, 0.15) is 5.75 Å². The van der Waals surface area contributed by atoms with Gasteiger partial charge in [-0.05, 0) is 53.8 Å². The average Bonchev–Trinajstić information content (AvgIpc) is 2.75. The molecule has 0 saturated carbocycles. The van der Waals surface area contributed by atoms with Gasteiger partial charge in [-0.25, -0.2) is 0 Å². The molecule has 0 fully saturated rings. The van der Waals surface area contributed by atoms with E-state index in [4.69, 9.17) is 0 Å². The van der Waals surface area contributed by atoms with Crippen LogP contribution in [0.2, 0.25) is 0 Å². The van der Waals surface area contributed by atoms with Gasteiger partial charge < -0.3 is 5.11 Å². The summed E-state index contributed by atoms with van der Waals surface area (Å²) >= 11 is 0. The van der Waals surface area contributed by atoms with Crippen LogP contribution in [-0.4, -0.2) is 5.11 Å². The highest BCUT2D eigenvalue weighted by Crippen LogP contribution is 2.40. The second kappa shape index (κ2) is 10.1. The third kappa shape index (κ3) is 5.03. The van der Waals surface area contributed by atoms with Crippen molar-refractivity contribution in [1.29, 1.82) is 0 Å². The quantitative estimate of drug-likeness (QED) is 0.432. The molecule has 3 aromatic carbocycles. The van der Waals surface area contributed by atoms with Gasteiger partial charge in [-0.15, -0.1) is 0 Å². The lowest BCUT2D eigenvalue weighted by molar-refractivity contribution is 0.477. The maximum Gasteiger partial charge on any atom is 0.124 e. The highest BCUT2D eigenvalue weighted by molar-refractivity contribution is 5.91. The number of aromatic hydroxyl groups is 1. The maximum absolute atomic E-state index is 10.8. The lowest BCUT2D eigenvalue weighted by atomic mass is 9.89. The largest absolute Gasteiger partial charge is 0.507 e. The van der Waals surface area contributed by atoms with Gasteiger partial charge in [0, 0.05) is 5.56 Å². The Morgan fingerprint density at radius 1 is 0.655 bits per heavy atom. The molecule has 1 N–H and O–H groups in total. The number of phenolic OH excluding ortho intramolecular Hbond substituents is 1. The standard InChI is InChI=1S/C28H26O/c1-3-5-8-13-22-19-20-25(23-14-10-7-11-15-23)26(21-22)28-24(16-9-6-4-2)17-12-18-27(28)29/h3-21,29H,1-2H3/b5-3-,6-4-,13-8-,16-9-. The first kappa shape index (κ1) is 20.2. The molecule has 0 atom stereocenters.